The van der Waals surface area contributed by atoms with E-state index in [-0.39, 0.29) is 6.04 Å². The van der Waals surface area contributed by atoms with E-state index in [0.717, 1.165) is 33.2 Å². The maximum Gasteiger partial charge on any atom is 0.115 e. The summed E-state index contributed by atoms with van der Waals surface area (Å²) in [5.41, 5.74) is 1.94. The van der Waals surface area contributed by atoms with E-state index in [2.05, 4.69) is 59.1 Å². The van der Waals surface area contributed by atoms with Crippen LogP contribution in [-0.4, -0.2) is 21.5 Å². The van der Waals surface area contributed by atoms with Crippen LogP contribution < -0.4 is 5.32 Å². The van der Waals surface area contributed by atoms with Crippen molar-refractivity contribution in [3.63, 3.8) is 0 Å². The van der Waals surface area contributed by atoms with Gasteiger partial charge in [-0.25, -0.2) is 9.97 Å². The predicted molar refractivity (Wildman–Crippen MR) is 81.8 cm³/mol. The van der Waals surface area contributed by atoms with Gasteiger partial charge in [-0.1, -0.05) is 6.92 Å². The van der Waals surface area contributed by atoms with Crippen LogP contribution in [0.15, 0.2) is 39.9 Å². The van der Waals surface area contributed by atoms with Crippen LogP contribution >= 0.6 is 31.9 Å². The molecule has 0 saturated carbocycles. The first-order valence-electron chi connectivity index (χ1n) is 6.01. The average Bonchev–Trinajstić information content (AvgIpc) is 2.42. The van der Waals surface area contributed by atoms with Gasteiger partial charge in [0.25, 0.3) is 0 Å². The fourth-order valence-corrected chi connectivity index (χ4v) is 2.97. The molecule has 1 unspecified atom stereocenters. The summed E-state index contributed by atoms with van der Waals surface area (Å²) < 4.78 is 1.90. The summed E-state index contributed by atoms with van der Waals surface area (Å²) in [5, 5.41) is 3.47. The lowest BCUT2D eigenvalue weighted by molar-refractivity contribution is 0.581. The van der Waals surface area contributed by atoms with Crippen molar-refractivity contribution in [1.29, 1.82) is 0 Å². The minimum atomic E-state index is -0.0105. The van der Waals surface area contributed by atoms with Crippen molar-refractivity contribution in [3.8, 4) is 0 Å². The molecule has 0 aliphatic rings. The molecule has 2 heterocycles. The summed E-state index contributed by atoms with van der Waals surface area (Å²) in [6.45, 7) is 3.04. The van der Waals surface area contributed by atoms with Gasteiger partial charge in [0.05, 0.1) is 11.7 Å². The maximum absolute atomic E-state index is 4.50. The molecular weight excluding hydrogens is 372 g/mol. The summed E-state index contributed by atoms with van der Waals surface area (Å²) in [7, 11) is 0. The van der Waals surface area contributed by atoms with Gasteiger partial charge in [-0.15, -0.1) is 0 Å². The van der Waals surface area contributed by atoms with Gasteiger partial charge >= 0.3 is 0 Å². The number of hydrogen-bond donors (Lipinski definition) is 1. The quantitative estimate of drug-likeness (QED) is 0.855. The highest BCUT2D eigenvalue weighted by Gasteiger charge is 2.18. The second-order valence-corrected chi connectivity index (χ2v) is 5.85. The van der Waals surface area contributed by atoms with Gasteiger partial charge in [0.15, 0.2) is 0 Å². The van der Waals surface area contributed by atoms with Crippen LogP contribution in [0.1, 0.15) is 30.6 Å². The molecule has 0 aliphatic heterocycles. The SMILES string of the molecule is CCCNC(c1cncnc1)c1ncc(Br)cc1Br. The lowest BCUT2D eigenvalue weighted by Gasteiger charge is -2.19. The van der Waals surface area contributed by atoms with Gasteiger partial charge in [-0.05, 0) is 50.9 Å². The molecule has 2 rings (SSSR count). The maximum atomic E-state index is 4.50. The molecule has 1 atom stereocenters. The zero-order valence-corrected chi connectivity index (χ0v) is 13.6. The highest BCUT2D eigenvalue weighted by molar-refractivity contribution is 9.11. The fourth-order valence-electron chi connectivity index (χ4n) is 1.76. The summed E-state index contributed by atoms with van der Waals surface area (Å²) in [6.07, 6.45) is 8.01. The van der Waals surface area contributed by atoms with E-state index in [1.165, 1.54) is 6.33 Å². The van der Waals surface area contributed by atoms with E-state index in [4.69, 9.17) is 0 Å². The third-order valence-electron chi connectivity index (χ3n) is 2.62. The number of rotatable bonds is 5. The number of halogens is 2. The number of nitrogens with one attached hydrogen (secondary N) is 1. The Morgan fingerprint density at radius 3 is 2.58 bits per heavy atom. The number of aromatic nitrogens is 3. The van der Waals surface area contributed by atoms with Gasteiger partial charge < -0.3 is 5.32 Å². The van der Waals surface area contributed by atoms with Gasteiger partial charge in [0.2, 0.25) is 0 Å². The molecule has 4 nitrogen and oxygen atoms in total. The molecule has 100 valence electrons. The van der Waals surface area contributed by atoms with Crippen LogP contribution in [0.25, 0.3) is 0 Å². The first-order valence-corrected chi connectivity index (χ1v) is 7.60. The van der Waals surface area contributed by atoms with Crippen molar-refractivity contribution in [2.24, 2.45) is 0 Å². The minimum Gasteiger partial charge on any atom is -0.305 e. The summed E-state index contributed by atoms with van der Waals surface area (Å²) in [6, 6.07) is 1.98. The van der Waals surface area contributed by atoms with E-state index >= 15 is 0 Å². The van der Waals surface area contributed by atoms with Gasteiger partial charge in [0, 0.05) is 33.1 Å². The lowest BCUT2D eigenvalue weighted by atomic mass is 10.1. The van der Waals surface area contributed by atoms with Gasteiger partial charge in [0.1, 0.15) is 6.33 Å². The van der Waals surface area contributed by atoms with Crippen molar-refractivity contribution in [2.45, 2.75) is 19.4 Å². The second-order valence-electron chi connectivity index (χ2n) is 4.08. The molecule has 0 spiro atoms. The highest BCUT2D eigenvalue weighted by atomic mass is 79.9. The molecule has 2 aromatic heterocycles. The van der Waals surface area contributed by atoms with E-state index in [0.29, 0.717) is 0 Å². The third-order valence-corrected chi connectivity index (χ3v) is 3.69. The number of hydrogen-bond acceptors (Lipinski definition) is 4. The Morgan fingerprint density at radius 2 is 1.95 bits per heavy atom. The normalized spacial score (nSPS) is 12.4. The van der Waals surface area contributed by atoms with Crippen LogP contribution in [-0.2, 0) is 0 Å². The first-order chi connectivity index (χ1) is 9.22. The monoisotopic (exact) mass is 384 g/mol. The topological polar surface area (TPSA) is 50.7 Å². The largest absolute Gasteiger partial charge is 0.305 e. The molecule has 1 N–H and O–H groups in total. The molecular formula is C13H14Br2N4. The molecule has 0 aliphatic carbocycles. The summed E-state index contributed by atoms with van der Waals surface area (Å²) in [5.74, 6) is 0. The molecule has 0 aromatic carbocycles. The van der Waals surface area contributed by atoms with Crippen molar-refractivity contribution in [1.82, 2.24) is 20.3 Å². The Bertz CT molecular complexity index is 533. The number of nitrogens with zero attached hydrogens (tertiary/aromatic N) is 3. The highest BCUT2D eigenvalue weighted by Crippen LogP contribution is 2.28. The van der Waals surface area contributed by atoms with Crippen LogP contribution in [0.3, 0.4) is 0 Å². The van der Waals surface area contributed by atoms with Gasteiger partial charge in [-0.3, -0.25) is 4.98 Å². The van der Waals surface area contributed by atoms with E-state index < -0.39 is 0 Å². The predicted octanol–water partition coefficient (Wildman–Crippen LogP) is 3.49. The molecule has 0 amide bonds. The first kappa shape index (κ1) is 14.6. The standard InChI is InChI=1S/C13H14Br2N4/c1-2-3-18-12(9-5-16-8-17-6-9)13-11(15)4-10(14)7-19-13/h4-8,12,18H,2-3H2,1H3. The fraction of sp³-hybridized carbons (Fsp3) is 0.308. The zero-order valence-electron chi connectivity index (χ0n) is 10.5. The average molecular weight is 386 g/mol. The van der Waals surface area contributed by atoms with Crippen LogP contribution in [0.5, 0.6) is 0 Å². The molecule has 19 heavy (non-hydrogen) atoms. The van der Waals surface area contributed by atoms with Crippen LogP contribution in [0.4, 0.5) is 0 Å². The number of pyridine rings is 1. The molecule has 2 aromatic rings. The summed E-state index contributed by atoms with van der Waals surface area (Å²) in [4.78, 5) is 12.7. The van der Waals surface area contributed by atoms with Gasteiger partial charge in [-0.2, -0.15) is 0 Å². The second kappa shape index (κ2) is 7.07. The van der Waals surface area contributed by atoms with E-state index in [1.54, 1.807) is 6.20 Å². The van der Waals surface area contributed by atoms with Crippen molar-refractivity contribution in [3.05, 3.63) is 51.2 Å². The van der Waals surface area contributed by atoms with Crippen LogP contribution in [0, 0.1) is 0 Å². The third kappa shape index (κ3) is 3.81. The Balaban J connectivity index is 2.37. The molecule has 0 bridgehead atoms. The Morgan fingerprint density at radius 1 is 1.21 bits per heavy atom. The Labute approximate surface area is 129 Å². The molecule has 6 heteroatoms. The molecule has 0 saturated heterocycles. The summed E-state index contributed by atoms with van der Waals surface area (Å²) >= 11 is 6.98. The van der Waals surface area contributed by atoms with Crippen molar-refractivity contribution >= 4 is 31.9 Å². The Kier molecular flexibility index (Phi) is 5.42. The smallest absolute Gasteiger partial charge is 0.115 e. The molecule has 0 fully saturated rings. The van der Waals surface area contributed by atoms with Crippen LogP contribution in [0.2, 0.25) is 0 Å². The van der Waals surface area contributed by atoms with E-state index in [9.17, 15) is 0 Å². The minimum absolute atomic E-state index is 0.0105. The van der Waals surface area contributed by atoms with E-state index in [1.807, 2.05) is 18.5 Å². The van der Waals surface area contributed by atoms with Crippen molar-refractivity contribution < 1.29 is 0 Å². The lowest BCUT2D eigenvalue weighted by Crippen LogP contribution is -2.24. The molecule has 0 radical (unpaired) electrons. The zero-order chi connectivity index (χ0) is 13.7. The van der Waals surface area contributed by atoms with Crippen molar-refractivity contribution in [2.75, 3.05) is 6.54 Å². The Hall–Kier alpha value is -0.850.